The summed E-state index contributed by atoms with van der Waals surface area (Å²) < 4.78 is 1.99. The number of anilines is 1. The van der Waals surface area contributed by atoms with Crippen molar-refractivity contribution in [3.8, 4) is 39.8 Å². The molecule has 2 N–H and O–H groups in total. The summed E-state index contributed by atoms with van der Waals surface area (Å²) in [7, 11) is 0. The highest BCUT2D eigenvalue weighted by atomic mass is 15.3. The van der Waals surface area contributed by atoms with E-state index in [0.29, 0.717) is 29.4 Å². The van der Waals surface area contributed by atoms with E-state index in [9.17, 15) is 5.26 Å². The Bertz CT molecular complexity index is 1730. The lowest BCUT2D eigenvalue weighted by Crippen LogP contribution is -2.24. The number of nitrogens with zero attached hydrogens (tertiary/aromatic N) is 9. The number of likely N-dealkylation sites (tertiary alicyclic amines) is 1. The van der Waals surface area contributed by atoms with Gasteiger partial charge < -0.3 is 10.2 Å². The van der Waals surface area contributed by atoms with Crippen LogP contribution in [0.4, 0.5) is 11.6 Å². The van der Waals surface area contributed by atoms with Gasteiger partial charge in [0.25, 0.3) is 0 Å². The van der Waals surface area contributed by atoms with E-state index in [4.69, 9.17) is 5.53 Å². The predicted octanol–water partition coefficient (Wildman–Crippen LogP) is 5.71. The molecule has 2 aromatic carbocycles. The van der Waals surface area contributed by atoms with Crippen molar-refractivity contribution in [2.75, 3.05) is 25.0 Å². The fourth-order valence-electron chi connectivity index (χ4n) is 4.99. The molecule has 0 amide bonds. The SMILES string of the molecule is N#Cc1cccc(-c2cnc(N=N)c(NCc3cccc(-c4ncc(-c5cnn(CCN6CCCC6)c5)cn4)c3)n2)c1. The number of nitriles is 1. The fraction of sp³-hybridized carbons (Fsp3) is 0.226. The zero-order valence-corrected chi connectivity index (χ0v) is 23.0. The molecule has 6 rings (SSSR count). The van der Waals surface area contributed by atoms with Crippen molar-refractivity contribution in [1.29, 1.82) is 10.8 Å². The standard InChI is InChI=1S/C31H29N11/c32-15-22-5-3-7-24(13-22)28-20-37-31(40-33)30(39-28)34-16-23-6-4-8-25(14-23)29-35-17-26(18-36-29)27-19-38-42(21-27)12-11-41-9-1-2-10-41/h3-8,13-14,17-21,33H,1-2,9-12,16H2,(H,34,39). The average Bonchev–Trinajstić information content (AvgIpc) is 3.76. The van der Waals surface area contributed by atoms with Crippen molar-refractivity contribution >= 4 is 11.6 Å². The van der Waals surface area contributed by atoms with Crippen LogP contribution in [0.2, 0.25) is 0 Å². The molecule has 4 heterocycles. The first-order valence-corrected chi connectivity index (χ1v) is 13.8. The van der Waals surface area contributed by atoms with E-state index in [1.54, 1.807) is 24.4 Å². The van der Waals surface area contributed by atoms with Crippen molar-refractivity contribution in [1.82, 2.24) is 34.6 Å². The highest BCUT2D eigenvalue weighted by Crippen LogP contribution is 2.26. The van der Waals surface area contributed by atoms with Crippen molar-refractivity contribution in [3.63, 3.8) is 0 Å². The Labute approximate surface area is 243 Å². The molecule has 0 bridgehead atoms. The van der Waals surface area contributed by atoms with Gasteiger partial charge in [0.15, 0.2) is 11.6 Å². The average molecular weight is 556 g/mol. The van der Waals surface area contributed by atoms with Gasteiger partial charge in [0.05, 0.1) is 36.3 Å². The molecule has 0 radical (unpaired) electrons. The van der Waals surface area contributed by atoms with Crippen LogP contribution >= 0.6 is 0 Å². The molecule has 42 heavy (non-hydrogen) atoms. The number of benzene rings is 2. The monoisotopic (exact) mass is 555 g/mol. The van der Waals surface area contributed by atoms with Crippen LogP contribution in [0, 0.1) is 16.9 Å². The van der Waals surface area contributed by atoms with Crippen molar-refractivity contribution in [2.45, 2.75) is 25.9 Å². The molecular weight excluding hydrogens is 526 g/mol. The van der Waals surface area contributed by atoms with E-state index in [1.165, 1.54) is 25.9 Å². The Morgan fingerprint density at radius 3 is 2.50 bits per heavy atom. The summed E-state index contributed by atoms with van der Waals surface area (Å²) in [5, 5.41) is 20.5. The van der Waals surface area contributed by atoms with Gasteiger partial charge in [0.1, 0.15) is 0 Å². The second-order valence-electron chi connectivity index (χ2n) is 10.1. The van der Waals surface area contributed by atoms with Crippen LogP contribution in [-0.4, -0.2) is 54.3 Å². The van der Waals surface area contributed by atoms with E-state index < -0.39 is 0 Å². The van der Waals surface area contributed by atoms with Crippen LogP contribution in [0.1, 0.15) is 24.0 Å². The van der Waals surface area contributed by atoms with Gasteiger partial charge in [0, 0.05) is 53.9 Å². The lowest BCUT2D eigenvalue weighted by Gasteiger charge is -2.13. The predicted molar refractivity (Wildman–Crippen MR) is 159 cm³/mol. The minimum absolute atomic E-state index is 0.185. The number of aromatic nitrogens is 6. The maximum atomic E-state index is 9.22. The Kier molecular flexibility index (Phi) is 7.96. The van der Waals surface area contributed by atoms with E-state index in [-0.39, 0.29) is 5.82 Å². The molecular formula is C31H29N11. The van der Waals surface area contributed by atoms with Gasteiger partial charge in [-0.15, -0.1) is 5.11 Å². The van der Waals surface area contributed by atoms with Gasteiger partial charge in [-0.05, 0) is 49.7 Å². The summed E-state index contributed by atoms with van der Waals surface area (Å²) in [5.74, 6) is 1.20. The van der Waals surface area contributed by atoms with E-state index in [0.717, 1.165) is 40.9 Å². The third-order valence-corrected chi connectivity index (χ3v) is 7.25. The Morgan fingerprint density at radius 2 is 1.69 bits per heavy atom. The van der Waals surface area contributed by atoms with Crippen LogP contribution < -0.4 is 5.32 Å². The van der Waals surface area contributed by atoms with Crippen molar-refractivity contribution < 1.29 is 0 Å². The summed E-state index contributed by atoms with van der Waals surface area (Å²) in [4.78, 5) is 20.6. The summed E-state index contributed by atoms with van der Waals surface area (Å²) in [6, 6.07) is 17.2. The second-order valence-corrected chi connectivity index (χ2v) is 10.1. The van der Waals surface area contributed by atoms with E-state index >= 15 is 0 Å². The van der Waals surface area contributed by atoms with Crippen molar-refractivity contribution in [3.05, 3.63) is 90.6 Å². The molecule has 1 fully saturated rings. The summed E-state index contributed by atoms with van der Waals surface area (Å²) in [5.41, 5.74) is 13.2. The van der Waals surface area contributed by atoms with Crippen LogP contribution in [0.3, 0.4) is 0 Å². The van der Waals surface area contributed by atoms with Crippen LogP contribution in [0.5, 0.6) is 0 Å². The molecule has 0 atom stereocenters. The number of hydrogen-bond donors (Lipinski definition) is 2. The number of rotatable bonds is 10. The zero-order valence-electron chi connectivity index (χ0n) is 23.0. The number of hydrogen-bond acceptors (Lipinski definition) is 10. The molecule has 11 nitrogen and oxygen atoms in total. The molecule has 1 aliphatic heterocycles. The normalized spacial score (nSPS) is 13.1. The van der Waals surface area contributed by atoms with Gasteiger partial charge in [-0.1, -0.05) is 30.3 Å². The third kappa shape index (κ3) is 6.19. The largest absolute Gasteiger partial charge is 0.363 e. The highest BCUT2D eigenvalue weighted by molar-refractivity contribution is 5.66. The van der Waals surface area contributed by atoms with E-state index in [2.05, 4.69) is 52.6 Å². The molecule has 0 saturated carbocycles. The highest BCUT2D eigenvalue weighted by Gasteiger charge is 2.13. The topological polar surface area (TPSA) is 145 Å². The van der Waals surface area contributed by atoms with Gasteiger partial charge in [-0.3, -0.25) is 4.68 Å². The summed E-state index contributed by atoms with van der Waals surface area (Å²) in [6.45, 7) is 4.70. The minimum atomic E-state index is 0.185. The molecule has 0 unspecified atom stereocenters. The minimum Gasteiger partial charge on any atom is -0.363 e. The second kappa shape index (κ2) is 12.4. The first kappa shape index (κ1) is 26.9. The Balaban J connectivity index is 1.13. The molecule has 5 aromatic rings. The maximum absolute atomic E-state index is 9.22. The quantitative estimate of drug-likeness (QED) is 0.209. The van der Waals surface area contributed by atoms with Gasteiger partial charge >= 0.3 is 0 Å². The lowest BCUT2D eigenvalue weighted by molar-refractivity contribution is 0.316. The van der Waals surface area contributed by atoms with Crippen LogP contribution in [0.25, 0.3) is 33.8 Å². The van der Waals surface area contributed by atoms with Gasteiger partial charge in [0.2, 0.25) is 5.82 Å². The first-order chi connectivity index (χ1) is 20.7. The third-order valence-electron chi connectivity index (χ3n) is 7.25. The maximum Gasteiger partial charge on any atom is 0.216 e. The first-order valence-electron chi connectivity index (χ1n) is 13.8. The molecule has 1 aliphatic rings. The van der Waals surface area contributed by atoms with Crippen molar-refractivity contribution in [2.24, 2.45) is 5.11 Å². The van der Waals surface area contributed by atoms with Gasteiger partial charge in [-0.2, -0.15) is 10.4 Å². The molecule has 208 valence electrons. The Morgan fingerprint density at radius 1 is 0.881 bits per heavy atom. The molecule has 1 saturated heterocycles. The lowest BCUT2D eigenvalue weighted by atomic mass is 10.1. The number of nitrogens with one attached hydrogen (secondary N) is 2. The van der Waals surface area contributed by atoms with Gasteiger partial charge in [-0.25, -0.2) is 25.5 Å². The van der Waals surface area contributed by atoms with Crippen LogP contribution in [-0.2, 0) is 13.1 Å². The van der Waals surface area contributed by atoms with Crippen LogP contribution in [0.15, 0.2) is 84.6 Å². The Hall–Kier alpha value is -5.34. The zero-order chi connectivity index (χ0) is 28.7. The smallest absolute Gasteiger partial charge is 0.216 e. The van der Waals surface area contributed by atoms with E-state index in [1.807, 2.05) is 53.6 Å². The molecule has 3 aromatic heterocycles. The fourth-order valence-corrected chi connectivity index (χ4v) is 4.99. The molecule has 11 heteroatoms. The molecule has 0 spiro atoms. The summed E-state index contributed by atoms with van der Waals surface area (Å²) in [6.07, 6.45) is 11.7. The summed E-state index contributed by atoms with van der Waals surface area (Å²) >= 11 is 0. The molecule has 0 aliphatic carbocycles.